The zero-order valence-corrected chi connectivity index (χ0v) is 19.7. The number of nitrogen functional groups attached to an aromatic ring is 1. The van der Waals surface area contributed by atoms with E-state index in [4.69, 9.17) is 21.0 Å². The van der Waals surface area contributed by atoms with E-state index in [1.807, 2.05) is 73.7 Å². The molecule has 7 heteroatoms. The summed E-state index contributed by atoms with van der Waals surface area (Å²) in [6.45, 7) is 2.30. The molecule has 1 aliphatic rings. The fraction of sp³-hybridized carbons (Fsp3) is 0.179. The Kier molecular flexibility index (Phi) is 6.68. The average molecular weight is 470 g/mol. The number of carbonyl (C=O) groups excluding carboxylic acids is 1. The first-order chi connectivity index (χ1) is 16.8. The number of nitrogens with one attached hydrogen (secondary N) is 1. The lowest BCUT2D eigenvalue weighted by molar-refractivity contribution is -0.137. The Balaban J connectivity index is 1.63. The Morgan fingerprint density at radius 3 is 2.31 bits per heavy atom. The second-order valence-corrected chi connectivity index (χ2v) is 8.42. The van der Waals surface area contributed by atoms with Crippen LogP contribution in [0.2, 0.25) is 0 Å². The predicted molar refractivity (Wildman–Crippen MR) is 136 cm³/mol. The van der Waals surface area contributed by atoms with Crippen molar-refractivity contribution in [1.82, 2.24) is 0 Å². The summed E-state index contributed by atoms with van der Waals surface area (Å²) in [5.41, 5.74) is 12.1. The minimum absolute atomic E-state index is 0.0188. The van der Waals surface area contributed by atoms with Crippen LogP contribution in [0, 0.1) is 12.3 Å². The van der Waals surface area contributed by atoms with Crippen LogP contribution in [-0.4, -0.2) is 36.5 Å². The van der Waals surface area contributed by atoms with Gasteiger partial charge in [-0.25, -0.2) is 0 Å². The number of carboxylic acid groups (broad SMARTS) is 1. The lowest BCUT2D eigenvalue weighted by Gasteiger charge is -2.21. The molecule has 3 aromatic carbocycles. The number of carboxylic acids is 1. The number of amidine groups is 1. The molecule has 1 heterocycles. The first-order valence-corrected chi connectivity index (χ1v) is 11.2. The van der Waals surface area contributed by atoms with E-state index >= 15 is 0 Å². The number of nitrogens with two attached hydrogens (primary N) is 1. The van der Waals surface area contributed by atoms with Gasteiger partial charge < -0.3 is 20.5 Å². The van der Waals surface area contributed by atoms with Crippen molar-refractivity contribution in [3.05, 3.63) is 94.7 Å². The van der Waals surface area contributed by atoms with Crippen molar-refractivity contribution < 1.29 is 19.4 Å². The molecule has 0 aromatic heterocycles. The molecule has 0 spiro atoms. The highest BCUT2D eigenvalue weighted by Gasteiger charge is 2.34. The number of hydrogen-bond donors (Lipinski definition) is 3. The molecule has 0 saturated heterocycles. The van der Waals surface area contributed by atoms with Crippen molar-refractivity contribution in [1.29, 1.82) is 5.41 Å². The smallest absolute Gasteiger partial charge is 0.303 e. The van der Waals surface area contributed by atoms with Gasteiger partial charge in [0.05, 0.1) is 19.2 Å². The molecule has 178 valence electrons. The third-order valence-corrected chi connectivity index (χ3v) is 6.26. The van der Waals surface area contributed by atoms with E-state index < -0.39 is 5.97 Å². The van der Waals surface area contributed by atoms with Gasteiger partial charge in [-0.2, -0.15) is 0 Å². The van der Waals surface area contributed by atoms with Crippen LogP contribution in [0.3, 0.4) is 0 Å². The van der Waals surface area contributed by atoms with E-state index in [2.05, 4.69) is 0 Å². The SMILES string of the molecule is COC1=C(c2ccc(CCC(=O)O)cc2)C(=O)N(c2cccc(-c3ccc(C(=N)N)cc3)c2C)C1. The van der Waals surface area contributed by atoms with Crippen LogP contribution in [0.15, 0.2) is 72.5 Å². The van der Waals surface area contributed by atoms with E-state index in [1.54, 1.807) is 12.0 Å². The van der Waals surface area contributed by atoms with Gasteiger partial charge in [-0.05, 0) is 47.2 Å². The van der Waals surface area contributed by atoms with Crippen LogP contribution in [-0.2, 0) is 20.7 Å². The Labute approximate surface area is 204 Å². The fourth-order valence-electron chi connectivity index (χ4n) is 4.34. The highest BCUT2D eigenvalue weighted by atomic mass is 16.5. The van der Waals surface area contributed by atoms with Gasteiger partial charge in [-0.1, -0.05) is 60.7 Å². The van der Waals surface area contributed by atoms with E-state index in [-0.39, 0.29) is 18.2 Å². The number of carbonyl (C=O) groups is 2. The second-order valence-electron chi connectivity index (χ2n) is 8.42. The van der Waals surface area contributed by atoms with Crippen LogP contribution < -0.4 is 10.6 Å². The zero-order chi connectivity index (χ0) is 25.1. The number of anilines is 1. The summed E-state index contributed by atoms with van der Waals surface area (Å²) >= 11 is 0. The minimum atomic E-state index is -0.840. The summed E-state index contributed by atoms with van der Waals surface area (Å²) in [7, 11) is 1.56. The number of ether oxygens (including phenoxy) is 1. The molecule has 4 rings (SSSR count). The van der Waals surface area contributed by atoms with E-state index in [1.165, 1.54) is 0 Å². The van der Waals surface area contributed by atoms with Crippen molar-refractivity contribution >= 4 is 29.0 Å². The monoisotopic (exact) mass is 469 g/mol. The molecule has 35 heavy (non-hydrogen) atoms. The van der Waals surface area contributed by atoms with Crippen LogP contribution in [0.5, 0.6) is 0 Å². The van der Waals surface area contributed by atoms with Gasteiger partial charge in [0.2, 0.25) is 0 Å². The number of hydrogen-bond acceptors (Lipinski definition) is 4. The third kappa shape index (κ3) is 4.80. The number of benzene rings is 3. The lowest BCUT2D eigenvalue weighted by Crippen LogP contribution is -2.27. The molecule has 0 fully saturated rings. The molecule has 1 aliphatic heterocycles. The Bertz CT molecular complexity index is 1330. The normalized spacial score (nSPS) is 13.3. The first-order valence-electron chi connectivity index (χ1n) is 11.2. The van der Waals surface area contributed by atoms with Gasteiger partial charge >= 0.3 is 5.97 Å². The van der Waals surface area contributed by atoms with Gasteiger partial charge in [0.15, 0.2) is 0 Å². The van der Waals surface area contributed by atoms with Crippen molar-refractivity contribution in [2.45, 2.75) is 19.8 Å². The predicted octanol–water partition coefficient (Wildman–Crippen LogP) is 4.37. The van der Waals surface area contributed by atoms with Crippen molar-refractivity contribution in [3.63, 3.8) is 0 Å². The maximum atomic E-state index is 13.6. The summed E-state index contributed by atoms with van der Waals surface area (Å²) in [6, 6.07) is 20.7. The molecule has 4 N–H and O–H groups in total. The van der Waals surface area contributed by atoms with Gasteiger partial charge in [0, 0.05) is 17.7 Å². The molecule has 0 saturated carbocycles. The molecule has 0 atom stereocenters. The number of aliphatic carboxylic acids is 1. The molecule has 3 aromatic rings. The molecular weight excluding hydrogens is 442 g/mol. The summed E-state index contributed by atoms with van der Waals surface area (Å²) in [5, 5.41) is 16.5. The lowest BCUT2D eigenvalue weighted by atomic mass is 9.97. The maximum absolute atomic E-state index is 13.6. The van der Waals surface area contributed by atoms with E-state index in [9.17, 15) is 9.59 Å². The molecule has 0 radical (unpaired) electrons. The Hall–Kier alpha value is -4.39. The van der Waals surface area contributed by atoms with E-state index in [0.717, 1.165) is 33.5 Å². The van der Waals surface area contributed by atoms with Gasteiger partial charge in [-0.15, -0.1) is 0 Å². The summed E-state index contributed by atoms with van der Waals surface area (Å²) in [6.07, 6.45) is 0.496. The van der Waals surface area contributed by atoms with Crippen LogP contribution in [0.1, 0.15) is 28.7 Å². The van der Waals surface area contributed by atoms with Crippen molar-refractivity contribution in [2.75, 3.05) is 18.6 Å². The van der Waals surface area contributed by atoms with E-state index in [0.29, 0.717) is 29.9 Å². The number of nitrogens with zero attached hydrogens (tertiary/aromatic N) is 1. The standard InChI is InChI=1S/C28H27N3O4/c1-17-22(19-11-13-21(14-12-19)27(29)30)4-3-5-23(17)31-16-24(35-2)26(28(31)34)20-9-6-18(7-10-20)8-15-25(32)33/h3-7,9-14H,8,15-16H2,1-2H3,(H3,29,30)(H,32,33). The first kappa shape index (κ1) is 23.8. The number of methoxy groups -OCH3 is 1. The van der Waals surface area contributed by atoms with Gasteiger partial charge in [0.1, 0.15) is 11.6 Å². The van der Waals surface area contributed by atoms with Crippen molar-refractivity contribution in [3.8, 4) is 11.1 Å². The molecule has 0 aliphatic carbocycles. The molecule has 0 unspecified atom stereocenters. The molecule has 0 bridgehead atoms. The Morgan fingerprint density at radius 2 is 1.71 bits per heavy atom. The fourth-order valence-corrected chi connectivity index (χ4v) is 4.34. The topological polar surface area (TPSA) is 117 Å². The van der Waals surface area contributed by atoms with Gasteiger partial charge in [-0.3, -0.25) is 15.0 Å². The third-order valence-electron chi connectivity index (χ3n) is 6.26. The number of rotatable bonds is 8. The highest BCUT2D eigenvalue weighted by Crippen LogP contribution is 2.37. The zero-order valence-electron chi connectivity index (χ0n) is 19.7. The second kappa shape index (κ2) is 9.85. The molecular formula is C28H27N3O4. The highest BCUT2D eigenvalue weighted by molar-refractivity contribution is 6.29. The number of amides is 1. The molecule has 7 nitrogen and oxygen atoms in total. The van der Waals surface area contributed by atoms with Gasteiger partial charge in [0.25, 0.3) is 5.91 Å². The van der Waals surface area contributed by atoms with Crippen LogP contribution in [0.25, 0.3) is 16.7 Å². The average Bonchev–Trinajstić information content (AvgIpc) is 3.19. The van der Waals surface area contributed by atoms with Crippen LogP contribution >= 0.6 is 0 Å². The minimum Gasteiger partial charge on any atom is -0.498 e. The quantitative estimate of drug-likeness (QED) is 0.335. The van der Waals surface area contributed by atoms with Crippen LogP contribution in [0.4, 0.5) is 5.69 Å². The largest absolute Gasteiger partial charge is 0.498 e. The number of aryl methyl sites for hydroxylation is 1. The summed E-state index contributed by atoms with van der Waals surface area (Å²) < 4.78 is 5.61. The summed E-state index contributed by atoms with van der Waals surface area (Å²) in [5.74, 6) is -0.381. The Morgan fingerprint density at radius 1 is 1.06 bits per heavy atom. The molecule has 1 amide bonds. The maximum Gasteiger partial charge on any atom is 0.303 e. The van der Waals surface area contributed by atoms with Crippen molar-refractivity contribution in [2.24, 2.45) is 5.73 Å². The summed E-state index contributed by atoms with van der Waals surface area (Å²) in [4.78, 5) is 26.1.